The van der Waals surface area contributed by atoms with Gasteiger partial charge in [0.05, 0.1) is 33.4 Å². The molecule has 1 aliphatic rings. The summed E-state index contributed by atoms with van der Waals surface area (Å²) < 4.78 is 3.30. The molecule has 0 bridgehead atoms. The number of carbonyl (C=O) groups excluding carboxylic acids is 1. The number of nitrogens with zero attached hydrogens (tertiary/aromatic N) is 5. The van der Waals surface area contributed by atoms with Gasteiger partial charge in [0, 0.05) is 29.9 Å². The van der Waals surface area contributed by atoms with Crippen LogP contribution >= 0.6 is 34.5 Å². The number of likely N-dealkylation sites (tertiary alicyclic amines) is 1. The minimum absolute atomic E-state index is 0.0385. The molecule has 4 heterocycles. The Morgan fingerprint density at radius 1 is 1.02 bits per heavy atom. The van der Waals surface area contributed by atoms with E-state index in [-0.39, 0.29) is 17.9 Å². The number of thiazole rings is 1. The number of aryl methyl sites for hydroxylation is 2. The van der Waals surface area contributed by atoms with Crippen LogP contribution in [0.25, 0.3) is 21.9 Å². The molecule has 1 saturated heterocycles. The molecule has 1 amide bonds. The number of carbonyl (C=O) groups is 1. The first-order valence-corrected chi connectivity index (χ1v) is 15.3. The van der Waals surface area contributed by atoms with Crippen LogP contribution in [0.4, 0.5) is 0 Å². The number of hydrogen-bond donors (Lipinski definition) is 0. The topological polar surface area (TPSA) is 72.5 Å². The lowest BCUT2D eigenvalue weighted by molar-refractivity contribution is -0.131. The van der Waals surface area contributed by atoms with Gasteiger partial charge in [0.1, 0.15) is 5.69 Å². The van der Waals surface area contributed by atoms with Crippen LogP contribution < -0.4 is 5.56 Å². The van der Waals surface area contributed by atoms with Gasteiger partial charge < -0.3 is 4.90 Å². The minimum Gasteiger partial charge on any atom is -0.342 e. The summed E-state index contributed by atoms with van der Waals surface area (Å²) in [5, 5.41) is 7.48. The van der Waals surface area contributed by atoms with Gasteiger partial charge in [-0.25, -0.2) is 9.67 Å². The lowest BCUT2D eigenvalue weighted by Crippen LogP contribution is -2.40. The number of fused-ring (bicyclic) bond motifs is 1. The molecule has 210 valence electrons. The maximum Gasteiger partial charge on any atom is 0.268 e. The molecule has 2 aromatic carbocycles. The van der Waals surface area contributed by atoms with Crippen LogP contribution in [0.15, 0.2) is 64.8 Å². The number of aromatic nitrogens is 4. The van der Waals surface area contributed by atoms with Gasteiger partial charge in [-0.2, -0.15) is 5.10 Å². The maximum atomic E-state index is 13.9. The van der Waals surface area contributed by atoms with E-state index in [1.807, 2.05) is 42.3 Å². The summed E-state index contributed by atoms with van der Waals surface area (Å²) in [5.41, 5.74) is 4.87. The Morgan fingerprint density at radius 2 is 1.78 bits per heavy atom. The standard InChI is InChI=1S/C31H29Cl2N5O2S/c1-19-14-27(35-38(19)23-8-9-25(32)26(33)16-23)29-20(2)34-31-37(30(29)40)24(18-41-31)17-28(39)36-12-10-22(11-13-36)15-21-6-4-3-5-7-21/h3-9,14,16,18,22H,10-13,15,17H2,1-2H3. The zero-order chi connectivity index (χ0) is 28.7. The third-order valence-electron chi connectivity index (χ3n) is 7.78. The first-order valence-electron chi connectivity index (χ1n) is 13.6. The summed E-state index contributed by atoms with van der Waals surface area (Å²) >= 11 is 13.7. The van der Waals surface area contributed by atoms with Crippen LogP contribution in [-0.2, 0) is 17.6 Å². The SMILES string of the molecule is Cc1nc2scc(CC(=O)N3CCC(Cc4ccccc4)CC3)n2c(=O)c1-c1cc(C)n(-c2ccc(Cl)c(Cl)c2)n1. The Balaban J connectivity index is 1.23. The lowest BCUT2D eigenvalue weighted by Gasteiger charge is -2.32. The average molecular weight is 607 g/mol. The van der Waals surface area contributed by atoms with E-state index in [0.717, 1.165) is 43.7 Å². The molecule has 0 N–H and O–H groups in total. The Hall–Kier alpha value is -3.46. The second-order valence-electron chi connectivity index (χ2n) is 10.6. The molecule has 0 unspecified atom stereocenters. The zero-order valence-corrected chi connectivity index (χ0v) is 25.1. The molecular formula is C31H29Cl2N5O2S. The van der Waals surface area contributed by atoms with Gasteiger partial charge in [-0.15, -0.1) is 11.3 Å². The molecule has 5 aromatic rings. The molecule has 3 aromatic heterocycles. The maximum absolute atomic E-state index is 13.9. The lowest BCUT2D eigenvalue weighted by atomic mass is 9.90. The number of benzene rings is 2. The second kappa shape index (κ2) is 11.4. The van der Waals surface area contributed by atoms with Crippen molar-refractivity contribution >= 4 is 45.4 Å². The number of hydrogen-bond acceptors (Lipinski definition) is 5. The van der Waals surface area contributed by atoms with Crippen LogP contribution in [0, 0.1) is 19.8 Å². The zero-order valence-electron chi connectivity index (χ0n) is 22.8. The van der Waals surface area contributed by atoms with Crippen molar-refractivity contribution in [2.45, 2.75) is 39.5 Å². The highest BCUT2D eigenvalue weighted by Gasteiger charge is 2.25. The predicted octanol–water partition coefficient (Wildman–Crippen LogP) is 6.56. The summed E-state index contributed by atoms with van der Waals surface area (Å²) in [6.45, 7) is 5.20. The predicted molar refractivity (Wildman–Crippen MR) is 165 cm³/mol. The van der Waals surface area contributed by atoms with E-state index < -0.39 is 0 Å². The monoisotopic (exact) mass is 605 g/mol. The van der Waals surface area contributed by atoms with Gasteiger partial charge in [0.2, 0.25) is 5.91 Å². The Bertz CT molecular complexity index is 1800. The van der Waals surface area contributed by atoms with E-state index in [1.165, 1.54) is 16.9 Å². The minimum atomic E-state index is -0.225. The van der Waals surface area contributed by atoms with E-state index in [4.69, 9.17) is 33.3 Å². The number of piperidine rings is 1. The third-order valence-corrected chi connectivity index (χ3v) is 9.39. The van der Waals surface area contributed by atoms with Gasteiger partial charge in [-0.3, -0.25) is 14.0 Å². The summed E-state index contributed by atoms with van der Waals surface area (Å²) in [6, 6.07) is 17.7. The van der Waals surface area contributed by atoms with Crippen LogP contribution in [0.5, 0.6) is 0 Å². The summed E-state index contributed by atoms with van der Waals surface area (Å²) in [4.78, 5) is 34.4. The largest absolute Gasteiger partial charge is 0.342 e. The fourth-order valence-corrected chi connectivity index (χ4v) is 6.82. The molecule has 0 spiro atoms. The summed E-state index contributed by atoms with van der Waals surface area (Å²) in [7, 11) is 0. The van der Waals surface area contributed by atoms with E-state index in [2.05, 4.69) is 24.3 Å². The van der Waals surface area contributed by atoms with Crippen LogP contribution in [0.1, 0.15) is 35.5 Å². The fraction of sp³-hybridized carbons (Fsp3) is 0.290. The third kappa shape index (κ3) is 5.56. The summed E-state index contributed by atoms with van der Waals surface area (Å²) in [5.74, 6) is 0.615. The Morgan fingerprint density at radius 3 is 2.51 bits per heavy atom. The highest BCUT2D eigenvalue weighted by atomic mass is 35.5. The smallest absolute Gasteiger partial charge is 0.268 e. The molecule has 0 radical (unpaired) electrons. The molecule has 7 nitrogen and oxygen atoms in total. The Kier molecular flexibility index (Phi) is 7.72. The number of rotatable bonds is 6. The van der Waals surface area contributed by atoms with Gasteiger partial charge in [-0.1, -0.05) is 53.5 Å². The molecule has 1 aliphatic heterocycles. The van der Waals surface area contributed by atoms with Crippen molar-refractivity contribution < 1.29 is 4.79 Å². The first kappa shape index (κ1) is 27.7. The first-order chi connectivity index (χ1) is 19.8. The van der Waals surface area contributed by atoms with Crippen molar-refractivity contribution in [2.24, 2.45) is 5.92 Å². The van der Waals surface area contributed by atoms with E-state index in [1.54, 1.807) is 21.2 Å². The summed E-state index contributed by atoms with van der Waals surface area (Å²) in [6.07, 6.45) is 3.17. The molecule has 1 fully saturated rings. The highest BCUT2D eigenvalue weighted by molar-refractivity contribution is 7.15. The molecule has 0 saturated carbocycles. The van der Waals surface area contributed by atoms with Crippen LogP contribution in [-0.4, -0.2) is 43.1 Å². The number of amides is 1. The molecular weight excluding hydrogens is 577 g/mol. The average Bonchev–Trinajstić information content (AvgIpc) is 3.54. The molecule has 41 heavy (non-hydrogen) atoms. The van der Waals surface area contributed by atoms with Gasteiger partial charge in [-0.05, 0) is 68.9 Å². The van der Waals surface area contributed by atoms with Crippen LogP contribution in [0.2, 0.25) is 10.0 Å². The van der Waals surface area contributed by atoms with Crippen LogP contribution in [0.3, 0.4) is 0 Å². The van der Waals surface area contributed by atoms with E-state index >= 15 is 0 Å². The van der Waals surface area contributed by atoms with Crippen molar-refractivity contribution in [3.05, 3.63) is 103 Å². The number of halogens is 2. The van der Waals surface area contributed by atoms with Crippen molar-refractivity contribution in [3.8, 4) is 16.9 Å². The molecule has 6 rings (SSSR count). The van der Waals surface area contributed by atoms with Gasteiger partial charge in [0.25, 0.3) is 5.56 Å². The second-order valence-corrected chi connectivity index (χ2v) is 12.2. The fourth-order valence-electron chi connectivity index (χ4n) is 5.60. The molecule has 0 atom stereocenters. The molecule has 10 heteroatoms. The quantitative estimate of drug-likeness (QED) is 0.220. The van der Waals surface area contributed by atoms with Crippen molar-refractivity contribution in [1.29, 1.82) is 0 Å². The van der Waals surface area contributed by atoms with E-state index in [9.17, 15) is 9.59 Å². The van der Waals surface area contributed by atoms with E-state index in [0.29, 0.717) is 43.6 Å². The van der Waals surface area contributed by atoms with Crippen molar-refractivity contribution in [1.82, 2.24) is 24.1 Å². The van der Waals surface area contributed by atoms with Crippen molar-refractivity contribution in [2.75, 3.05) is 13.1 Å². The highest BCUT2D eigenvalue weighted by Crippen LogP contribution is 2.28. The Labute approximate surface area is 252 Å². The van der Waals surface area contributed by atoms with Crippen molar-refractivity contribution in [3.63, 3.8) is 0 Å². The normalized spacial score (nSPS) is 14.2. The van der Waals surface area contributed by atoms with Gasteiger partial charge >= 0.3 is 0 Å². The molecule has 0 aliphatic carbocycles. The van der Waals surface area contributed by atoms with Gasteiger partial charge in [0.15, 0.2) is 4.96 Å².